The first-order chi connectivity index (χ1) is 6.90. The van der Waals surface area contributed by atoms with Gasteiger partial charge < -0.3 is 14.6 Å². The molecule has 0 amide bonds. The average Bonchev–Trinajstić information content (AvgIpc) is 2.98. The molecular weight excluding hydrogens is 180 g/mol. The van der Waals surface area contributed by atoms with E-state index in [2.05, 4.69) is 0 Å². The molecule has 0 bridgehead atoms. The Morgan fingerprint density at radius 3 is 2.64 bits per heavy atom. The Hall–Kier alpha value is -0.900. The van der Waals surface area contributed by atoms with Gasteiger partial charge in [0.15, 0.2) is 0 Å². The van der Waals surface area contributed by atoms with Gasteiger partial charge in [-0.2, -0.15) is 0 Å². The van der Waals surface area contributed by atoms with Crippen molar-refractivity contribution < 1.29 is 14.6 Å². The van der Waals surface area contributed by atoms with Gasteiger partial charge in [-0.3, -0.25) is 0 Å². The molecule has 1 aromatic carbocycles. The van der Waals surface area contributed by atoms with Gasteiger partial charge in [-0.05, 0) is 5.56 Å². The maximum Gasteiger partial charge on any atom is 0.110 e. The van der Waals surface area contributed by atoms with E-state index in [1.54, 1.807) is 0 Å². The van der Waals surface area contributed by atoms with E-state index < -0.39 is 0 Å². The molecule has 2 atom stereocenters. The molecule has 1 N–H and O–H groups in total. The van der Waals surface area contributed by atoms with Crippen molar-refractivity contribution in [1.29, 1.82) is 0 Å². The molecule has 1 aliphatic rings. The lowest BCUT2D eigenvalue weighted by Crippen LogP contribution is -2.07. The summed E-state index contributed by atoms with van der Waals surface area (Å²) >= 11 is 0. The maximum absolute atomic E-state index is 8.71. The van der Waals surface area contributed by atoms with Crippen LogP contribution in [0.25, 0.3) is 0 Å². The molecule has 1 heterocycles. The molecule has 1 fully saturated rings. The van der Waals surface area contributed by atoms with Gasteiger partial charge in [0.2, 0.25) is 0 Å². The molecular formula is C11H14O3. The van der Waals surface area contributed by atoms with Crippen molar-refractivity contribution in [1.82, 2.24) is 0 Å². The minimum atomic E-state index is 0.00535. The fourth-order valence-corrected chi connectivity index (χ4v) is 1.35. The first-order valence-corrected chi connectivity index (χ1v) is 4.78. The maximum atomic E-state index is 8.71. The molecule has 0 spiro atoms. The fraction of sp³-hybridized carbons (Fsp3) is 0.455. The highest BCUT2D eigenvalue weighted by Crippen LogP contribution is 2.21. The first-order valence-electron chi connectivity index (χ1n) is 4.78. The third-order valence-corrected chi connectivity index (χ3v) is 2.26. The lowest BCUT2D eigenvalue weighted by atomic mass is 10.2. The molecule has 0 radical (unpaired) electrons. The Labute approximate surface area is 83.3 Å². The summed E-state index contributed by atoms with van der Waals surface area (Å²) in [6.07, 6.45) is 0.106. The molecule has 76 valence electrons. The van der Waals surface area contributed by atoms with Gasteiger partial charge in [-0.1, -0.05) is 30.3 Å². The second kappa shape index (κ2) is 4.55. The molecule has 3 nitrogen and oxygen atoms in total. The van der Waals surface area contributed by atoms with Gasteiger partial charge in [0.1, 0.15) is 12.2 Å². The smallest absolute Gasteiger partial charge is 0.110 e. The molecule has 0 unspecified atom stereocenters. The summed E-state index contributed by atoms with van der Waals surface area (Å²) in [6, 6.07) is 10.0. The number of aliphatic hydroxyl groups excluding tert-OH is 1. The van der Waals surface area contributed by atoms with E-state index in [0.717, 1.165) is 5.56 Å². The second-order valence-corrected chi connectivity index (χ2v) is 3.40. The molecule has 1 saturated heterocycles. The largest absolute Gasteiger partial charge is 0.394 e. The summed E-state index contributed by atoms with van der Waals surface area (Å²) in [7, 11) is 0. The van der Waals surface area contributed by atoms with Crippen LogP contribution in [0.4, 0.5) is 0 Å². The molecule has 0 saturated carbocycles. The Kier molecular flexibility index (Phi) is 3.14. The molecule has 0 aliphatic carbocycles. The quantitative estimate of drug-likeness (QED) is 0.710. The monoisotopic (exact) mass is 194 g/mol. The molecule has 1 aliphatic heterocycles. The van der Waals surface area contributed by atoms with Gasteiger partial charge in [0, 0.05) is 0 Å². The standard InChI is InChI=1S/C11H14O3/c12-6-10-11(14-10)8-13-7-9-4-2-1-3-5-9/h1-5,10-12H,6-8H2/t10-,11+/m0/s1. The second-order valence-electron chi connectivity index (χ2n) is 3.40. The summed E-state index contributed by atoms with van der Waals surface area (Å²) in [5.41, 5.74) is 1.16. The topological polar surface area (TPSA) is 42.0 Å². The van der Waals surface area contributed by atoms with E-state index in [-0.39, 0.29) is 18.8 Å². The van der Waals surface area contributed by atoms with Crippen LogP contribution in [0, 0.1) is 0 Å². The third-order valence-electron chi connectivity index (χ3n) is 2.26. The average molecular weight is 194 g/mol. The zero-order valence-corrected chi connectivity index (χ0v) is 7.93. The molecule has 14 heavy (non-hydrogen) atoms. The van der Waals surface area contributed by atoms with Crippen molar-refractivity contribution >= 4 is 0 Å². The van der Waals surface area contributed by atoms with Crippen molar-refractivity contribution in [2.75, 3.05) is 13.2 Å². The Balaban J connectivity index is 1.64. The highest BCUT2D eigenvalue weighted by atomic mass is 16.6. The number of benzene rings is 1. The summed E-state index contributed by atoms with van der Waals surface area (Å²) < 4.78 is 10.6. The summed E-state index contributed by atoms with van der Waals surface area (Å²) in [4.78, 5) is 0. The van der Waals surface area contributed by atoms with E-state index >= 15 is 0 Å². The van der Waals surface area contributed by atoms with Crippen molar-refractivity contribution in [3.63, 3.8) is 0 Å². The minimum Gasteiger partial charge on any atom is -0.394 e. The van der Waals surface area contributed by atoms with Gasteiger partial charge in [0.25, 0.3) is 0 Å². The minimum absolute atomic E-state index is 0.00535. The van der Waals surface area contributed by atoms with E-state index in [0.29, 0.717) is 13.2 Å². The summed E-state index contributed by atoms with van der Waals surface area (Å²) in [5.74, 6) is 0. The van der Waals surface area contributed by atoms with Gasteiger partial charge in [-0.25, -0.2) is 0 Å². The van der Waals surface area contributed by atoms with Crippen LogP contribution >= 0.6 is 0 Å². The van der Waals surface area contributed by atoms with Gasteiger partial charge in [-0.15, -0.1) is 0 Å². The Bertz CT molecular complexity index is 273. The van der Waals surface area contributed by atoms with Crippen LogP contribution in [0.15, 0.2) is 30.3 Å². The van der Waals surface area contributed by atoms with Crippen molar-refractivity contribution in [2.24, 2.45) is 0 Å². The van der Waals surface area contributed by atoms with Gasteiger partial charge in [0.05, 0.1) is 19.8 Å². The third kappa shape index (κ3) is 2.54. The van der Waals surface area contributed by atoms with Crippen LogP contribution in [0.1, 0.15) is 5.56 Å². The molecule has 1 aromatic rings. The normalized spacial score (nSPS) is 24.9. The van der Waals surface area contributed by atoms with E-state index in [1.807, 2.05) is 30.3 Å². The van der Waals surface area contributed by atoms with Crippen LogP contribution in [0.3, 0.4) is 0 Å². The number of rotatable bonds is 5. The van der Waals surface area contributed by atoms with Crippen LogP contribution < -0.4 is 0 Å². The Morgan fingerprint density at radius 2 is 2.00 bits per heavy atom. The van der Waals surface area contributed by atoms with Crippen molar-refractivity contribution in [3.8, 4) is 0 Å². The SMILES string of the molecule is OC[C@@H]1O[C@@H]1COCc1ccccc1. The van der Waals surface area contributed by atoms with E-state index in [9.17, 15) is 0 Å². The van der Waals surface area contributed by atoms with Crippen LogP contribution in [-0.2, 0) is 16.1 Å². The number of ether oxygens (including phenoxy) is 2. The first kappa shape index (κ1) is 9.65. The lowest BCUT2D eigenvalue weighted by molar-refractivity contribution is 0.104. The summed E-state index contributed by atoms with van der Waals surface area (Å²) in [6.45, 7) is 1.28. The highest BCUT2D eigenvalue weighted by Gasteiger charge is 2.37. The number of hydrogen-bond donors (Lipinski definition) is 1. The summed E-state index contributed by atoms with van der Waals surface area (Å²) in [5, 5.41) is 8.71. The number of epoxide rings is 1. The molecule has 3 heteroatoms. The predicted molar refractivity (Wildman–Crippen MR) is 51.8 cm³/mol. The van der Waals surface area contributed by atoms with Gasteiger partial charge >= 0.3 is 0 Å². The lowest BCUT2D eigenvalue weighted by Gasteiger charge is -2.01. The number of hydrogen-bond acceptors (Lipinski definition) is 3. The van der Waals surface area contributed by atoms with Crippen LogP contribution in [0.5, 0.6) is 0 Å². The zero-order chi connectivity index (χ0) is 9.80. The van der Waals surface area contributed by atoms with Crippen molar-refractivity contribution in [2.45, 2.75) is 18.8 Å². The van der Waals surface area contributed by atoms with Crippen molar-refractivity contribution in [3.05, 3.63) is 35.9 Å². The van der Waals surface area contributed by atoms with Crippen LogP contribution in [-0.4, -0.2) is 30.5 Å². The zero-order valence-electron chi connectivity index (χ0n) is 7.93. The molecule has 2 rings (SSSR count). The number of aliphatic hydroxyl groups is 1. The van der Waals surface area contributed by atoms with E-state index in [1.165, 1.54) is 0 Å². The fourth-order valence-electron chi connectivity index (χ4n) is 1.35. The molecule has 0 aromatic heterocycles. The predicted octanol–water partition coefficient (Wildman–Crippen LogP) is 0.963. The highest BCUT2D eigenvalue weighted by molar-refractivity contribution is 5.13. The van der Waals surface area contributed by atoms with E-state index in [4.69, 9.17) is 14.6 Å². The Morgan fingerprint density at radius 1 is 1.21 bits per heavy atom. The van der Waals surface area contributed by atoms with Crippen LogP contribution in [0.2, 0.25) is 0 Å².